The molecule has 0 radical (unpaired) electrons. The van der Waals surface area contributed by atoms with Crippen molar-refractivity contribution in [1.82, 2.24) is 5.32 Å². The first kappa shape index (κ1) is 23.8. The van der Waals surface area contributed by atoms with Crippen LogP contribution in [0.5, 0.6) is 17.2 Å². The Balaban J connectivity index is 1.70. The summed E-state index contributed by atoms with van der Waals surface area (Å²) < 4.78 is 15.9. The highest BCUT2D eigenvalue weighted by Gasteiger charge is 2.38. The minimum absolute atomic E-state index is 0.0140. The van der Waals surface area contributed by atoms with Crippen LogP contribution in [0, 0.1) is 5.92 Å². The Morgan fingerprint density at radius 3 is 2.09 bits per heavy atom. The maximum atomic E-state index is 12.9. The third kappa shape index (κ3) is 5.88. The predicted molar refractivity (Wildman–Crippen MR) is 124 cm³/mol. The summed E-state index contributed by atoms with van der Waals surface area (Å²) in [6, 6.07) is 12.0. The van der Waals surface area contributed by atoms with Gasteiger partial charge in [0.05, 0.1) is 14.2 Å². The van der Waals surface area contributed by atoms with Gasteiger partial charge in [0, 0.05) is 23.1 Å². The SMILES string of the molecule is COC(=O)c1cc(OC)ccc1Oc1ccc(C(=O)CC2CC(C)(C)NC(C)(C)C2)cc1. The van der Waals surface area contributed by atoms with Crippen molar-refractivity contribution in [3.8, 4) is 17.2 Å². The molecule has 1 aliphatic heterocycles. The normalized spacial score (nSPS) is 17.4. The highest BCUT2D eigenvalue weighted by molar-refractivity contribution is 5.96. The van der Waals surface area contributed by atoms with Crippen LogP contribution in [-0.4, -0.2) is 37.0 Å². The molecule has 0 bridgehead atoms. The molecule has 0 amide bonds. The second-order valence-corrected chi connectivity index (χ2v) is 9.77. The molecule has 0 spiro atoms. The van der Waals surface area contributed by atoms with Crippen molar-refractivity contribution >= 4 is 11.8 Å². The molecule has 3 rings (SSSR count). The van der Waals surface area contributed by atoms with Crippen molar-refractivity contribution in [2.75, 3.05) is 14.2 Å². The average molecular weight is 440 g/mol. The monoisotopic (exact) mass is 439 g/mol. The van der Waals surface area contributed by atoms with Crippen molar-refractivity contribution in [1.29, 1.82) is 0 Å². The molecule has 1 N–H and O–H groups in total. The van der Waals surface area contributed by atoms with Crippen LogP contribution in [0.15, 0.2) is 42.5 Å². The van der Waals surface area contributed by atoms with Gasteiger partial charge >= 0.3 is 5.97 Å². The lowest BCUT2D eigenvalue weighted by Crippen LogP contribution is -2.57. The van der Waals surface area contributed by atoms with Crippen LogP contribution in [0.3, 0.4) is 0 Å². The Labute approximate surface area is 190 Å². The molecular weight excluding hydrogens is 406 g/mol. The van der Waals surface area contributed by atoms with Crippen molar-refractivity contribution < 1.29 is 23.8 Å². The summed E-state index contributed by atoms with van der Waals surface area (Å²) in [5.41, 5.74) is 0.956. The Hall–Kier alpha value is -2.86. The van der Waals surface area contributed by atoms with Gasteiger partial charge in [-0.25, -0.2) is 4.79 Å². The number of carbonyl (C=O) groups is 2. The van der Waals surface area contributed by atoms with Crippen LogP contribution in [-0.2, 0) is 4.74 Å². The zero-order chi connectivity index (χ0) is 23.5. The first-order valence-corrected chi connectivity index (χ1v) is 10.9. The zero-order valence-electron chi connectivity index (χ0n) is 19.8. The smallest absolute Gasteiger partial charge is 0.341 e. The van der Waals surface area contributed by atoms with E-state index in [9.17, 15) is 9.59 Å². The Kier molecular flexibility index (Phi) is 6.94. The fraction of sp³-hybridized carbons (Fsp3) is 0.462. The second-order valence-electron chi connectivity index (χ2n) is 9.77. The van der Waals surface area contributed by atoms with Gasteiger partial charge in [0.15, 0.2) is 5.78 Å². The van der Waals surface area contributed by atoms with E-state index in [0.29, 0.717) is 35.2 Å². The van der Waals surface area contributed by atoms with Gasteiger partial charge in [0.2, 0.25) is 0 Å². The molecule has 1 heterocycles. The summed E-state index contributed by atoms with van der Waals surface area (Å²) in [5.74, 6) is 1.37. The molecule has 1 saturated heterocycles. The zero-order valence-corrected chi connectivity index (χ0v) is 19.8. The van der Waals surface area contributed by atoms with Crippen LogP contribution in [0.1, 0.15) is 67.7 Å². The van der Waals surface area contributed by atoms with Gasteiger partial charge in [-0.3, -0.25) is 4.79 Å². The molecule has 172 valence electrons. The van der Waals surface area contributed by atoms with Gasteiger partial charge in [-0.2, -0.15) is 0 Å². The summed E-state index contributed by atoms with van der Waals surface area (Å²) >= 11 is 0. The summed E-state index contributed by atoms with van der Waals surface area (Å²) in [5, 5.41) is 3.66. The fourth-order valence-corrected chi connectivity index (χ4v) is 4.89. The molecule has 0 unspecified atom stereocenters. The van der Waals surface area contributed by atoms with Crippen molar-refractivity contribution in [2.45, 2.75) is 58.0 Å². The van der Waals surface area contributed by atoms with Gasteiger partial charge in [0.1, 0.15) is 22.8 Å². The van der Waals surface area contributed by atoms with E-state index in [0.717, 1.165) is 12.8 Å². The largest absolute Gasteiger partial charge is 0.497 e. The Morgan fingerprint density at radius 2 is 1.53 bits per heavy atom. The van der Waals surface area contributed by atoms with Gasteiger partial charge in [-0.15, -0.1) is 0 Å². The number of Topliss-reactive ketones (excluding diaryl/α,β-unsaturated/α-hetero) is 1. The lowest BCUT2D eigenvalue weighted by Gasteiger charge is -2.46. The molecule has 6 nitrogen and oxygen atoms in total. The molecule has 1 fully saturated rings. The number of hydrogen-bond acceptors (Lipinski definition) is 6. The van der Waals surface area contributed by atoms with Crippen LogP contribution in [0.25, 0.3) is 0 Å². The second kappa shape index (κ2) is 9.33. The molecule has 0 atom stereocenters. The van der Waals surface area contributed by atoms with Crippen LogP contribution in [0.2, 0.25) is 0 Å². The number of esters is 1. The van der Waals surface area contributed by atoms with E-state index in [1.165, 1.54) is 14.2 Å². The van der Waals surface area contributed by atoms with Gasteiger partial charge < -0.3 is 19.5 Å². The minimum Gasteiger partial charge on any atom is -0.497 e. The standard InChI is InChI=1S/C26H33NO5/c1-25(2)15-17(16-26(3,4)27-25)13-22(28)18-7-9-19(10-8-18)32-23-12-11-20(30-5)14-21(23)24(29)31-6/h7-12,14,17,27H,13,15-16H2,1-6H3. The van der Waals surface area contributed by atoms with E-state index in [1.807, 2.05) is 0 Å². The molecule has 0 aliphatic carbocycles. The summed E-state index contributed by atoms with van der Waals surface area (Å²) in [6.07, 6.45) is 2.47. The van der Waals surface area contributed by atoms with Gasteiger partial charge in [-0.05, 0) is 88.9 Å². The van der Waals surface area contributed by atoms with E-state index in [-0.39, 0.29) is 22.4 Å². The summed E-state index contributed by atoms with van der Waals surface area (Å²) in [7, 11) is 2.84. The number of methoxy groups -OCH3 is 2. The van der Waals surface area contributed by atoms with E-state index in [1.54, 1.807) is 42.5 Å². The van der Waals surface area contributed by atoms with Gasteiger partial charge in [-0.1, -0.05) is 0 Å². The predicted octanol–water partition coefficient (Wildman–Crippen LogP) is 5.40. The third-order valence-electron chi connectivity index (χ3n) is 5.74. The lowest BCUT2D eigenvalue weighted by atomic mass is 9.74. The number of hydrogen-bond donors (Lipinski definition) is 1. The maximum absolute atomic E-state index is 12.9. The number of piperidine rings is 1. The van der Waals surface area contributed by atoms with Crippen molar-refractivity contribution in [3.63, 3.8) is 0 Å². The van der Waals surface area contributed by atoms with Crippen LogP contribution >= 0.6 is 0 Å². The molecule has 32 heavy (non-hydrogen) atoms. The number of benzene rings is 2. The Morgan fingerprint density at radius 1 is 0.938 bits per heavy atom. The number of ether oxygens (including phenoxy) is 3. The molecule has 2 aromatic carbocycles. The maximum Gasteiger partial charge on any atom is 0.341 e. The molecule has 2 aromatic rings. The summed E-state index contributed by atoms with van der Waals surface area (Å²) in [6.45, 7) is 8.77. The number of ketones is 1. The van der Waals surface area contributed by atoms with Crippen molar-refractivity contribution in [3.05, 3.63) is 53.6 Å². The van der Waals surface area contributed by atoms with Crippen molar-refractivity contribution in [2.24, 2.45) is 5.92 Å². The average Bonchev–Trinajstić information content (AvgIpc) is 2.71. The van der Waals surface area contributed by atoms with Gasteiger partial charge in [0.25, 0.3) is 0 Å². The molecule has 6 heteroatoms. The highest BCUT2D eigenvalue weighted by Crippen LogP contribution is 2.35. The van der Waals surface area contributed by atoms with E-state index < -0.39 is 5.97 Å². The van der Waals surface area contributed by atoms with E-state index >= 15 is 0 Å². The summed E-state index contributed by atoms with van der Waals surface area (Å²) in [4.78, 5) is 25.0. The first-order chi connectivity index (χ1) is 15.0. The molecular formula is C26H33NO5. The number of rotatable bonds is 7. The lowest BCUT2D eigenvalue weighted by molar-refractivity contribution is 0.0597. The van der Waals surface area contributed by atoms with E-state index in [2.05, 4.69) is 33.0 Å². The first-order valence-electron chi connectivity index (χ1n) is 10.9. The third-order valence-corrected chi connectivity index (χ3v) is 5.74. The van der Waals surface area contributed by atoms with Crippen LogP contribution < -0.4 is 14.8 Å². The molecule has 0 saturated carbocycles. The Bertz CT molecular complexity index is 962. The fourth-order valence-electron chi connectivity index (χ4n) is 4.89. The topological polar surface area (TPSA) is 73.9 Å². The number of carbonyl (C=O) groups excluding carboxylic acids is 2. The number of nitrogens with one attached hydrogen (secondary N) is 1. The highest BCUT2D eigenvalue weighted by atomic mass is 16.5. The van der Waals surface area contributed by atoms with Crippen LogP contribution in [0.4, 0.5) is 0 Å². The molecule has 1 aliphatic rings. The molecule has 0 aromatic heterocycles. The quantitative estimate of drug-likeness (QED) is 0.460. The van der Waals surface area contributed by atoms with E-state index in [4.69, 9.17) is 14.2 Å². The minimum atomic E-state index is -0.515.